The van der Waals surface area contributed by atoms with Crippen LogP contribution in [-0.4, -0.2) is 35.0 Å². The van der Waals surface area contributed by atoms with Crippen LogP contribution in [0, 0.1) is 0 Å². The molecule has 7 heteroatoms. The van der Waals surface area contributed by atoms with E-state index < -0.39 is 23.3 Å². The van der Waals surface area contributed by atoms with E-state index in [0.29, 0.717) is 0 Å². The van der Waals surface area contributed by atoms with E-state index in [4.69, 9.17) is 15.6 Å². The highest BCUT2D eigenvalue weighted by molar-refractivity contribution is 5.95. The lowest BCUT2D eigenvalue weighted by Gasteiger charge is -2.24. The number of nitrogens with one attached hydrogen (secondary N) is 1. The van der Waals surface area contributed by atoms with Crippen LogP contribution in [-0.2, 0) is 9.59 Å². The van der Waals surface area contributed by atoms with Crippen LogP contribution in [0.2, 0.25) is 0 Å². The van der Waals surface area contributed by atoms with E-state index in [1.807, 2.05) is 0 Å². The lowest BCUT2D eigenvalue weighted by Crippen LogP contribution is -2.46. The largest absolute Gasteiger partial charge is 0.483 e. The highest BCUT2D eigenvalue weighted by atomic mass is 16.5. The zero-order chi connectivity index (χ0) is 16.0. The fourth-order valence-electron chi connectivity index (χ4n) is 1.78. The summed E-state index contributed by atoms with van der Waals surface area (Å²) >= 11 is 0. The molecule has 0 saturated heterocycles. The van der Waals surface area contributed by atoms with Crippen molar-refractivity contribution in [1.82, 2.24) is 5.32 Å². The van der Waals surface area contributed by atoms with Gasteiger partial charge in [0, 0.05) is 5.54 Å². The van der Waals surface area contributed by atoms with Crippen molar-refractivity contribution in [2.45, 2.75) is 25.8 Å². The average molecular weight is 294 g/mol. The van der Waals surface area contributed by atoms with E-state index in [1.165, 1.54) is 12.1 Å². The molecule has 0 aliphatic heterocycles. The minimum atomic E-state index is -1.01. The van der Waals surface area contributed by atoms with Crippen molar-refractivity contribution in [3.05, 3.63) is 29.8 Å². The Kier molecular flexibility index (Phi) is 5.29. The predicted molar refractivity (Wildman–Crippen MR) is 74.9 cm³/mol. The van der Waals surface area contributed by atoms with Gasteiger partial charge >= 0.3 is 5.97 Å². The molecule has 0 radical (unpaired) electrons. The predicted octanol–water partition coefficient (Wildman–Crippen LogP) is 0.534. The first-order valence-corrected chi connectivity index (χ1v) is 6.26. The molecule has 0 aliphatic rings. The number of carbonyl (C=O) groups is 3. The zero-order valence-corrected chi connectivity index (χ0v) is 11.9. The van der Waals surface area contributed by atoms with Gasteiger partial charge in [-0.15, -0.1) is 0 Å². The van der Waals surface area contributed by atoms with Gasteiger partial charge in [0.1, 0.15) is 5.75 Å². The molecule has 0 atom stereocenters. The fraction of sp³-hybridized carbons (Fsp3) is 0.357. The van der Waals surface area contributed by atoms with Gasteiger partial charge in [0.25, 0.3) is 11.8 Å². The monoisotopic (exact) mass is 294 g/mol. The number of benzene rings is 1. The van der Waals surface area contributed by atoms with Gasteiger partial charge in [-0.2, -0.15) is 0 Å². The summed E-state index contributed by atoms with van der Waals surface area (Å²) in [4.78, 5) is 33.6. The normalized spacial score (nSPS) is 10.8. The number of hydrogen-bond donors (Lipinski definition) is 3. The van der Waals surface area contributed by atoms with Crippen molar-refractivity contribution >= 4 is 17.8 Å². The number of aliphatic carboxylic acids is 1. The van der Waals surface area contributed by atoms with E-state index in [1.54, 1.807) is 26.0 Å². The Morgan fingerprint density at radius 3 is 2.48 bits per heavy atom. The molecule has 0 spiro atoms. The zero-order valence-electron chi connectivity index (χ0n) is 11.9. The van der Waals surface area contributed by atoms with Gasteiger partial charge in [-0.05, 0) is 26.0 Å². The van der Waals surface area contributed by atoms with Gasteiger partial charge in [0.2, 0.25) is 0 Å². The van der Waals surface area contributed by atoms with Crippen LogP contribution in [0.4, 0.5) is 0 Å². The van der Waals surface area contributed by atoms with Crippen LogP contribution in [0.1, 0.15) is 30.6 Å². The standard InChI is InChI=1S/C14H18N2O5/c1-14(2,7-12(18)19)16-11(17)8-21-10-6-4-3-5-9(10)13(15)20/h3-6H,7-8H2,1-2H3,(H2,15,20)(H,16,17)(H,18,19). The minimum absolute atomic E-state index is 0.176. The topological polar surface area (TPSA) is 119 Å². The van der Waals surface area contributed by atoms with Crippen molar-refractivity contribution in [2.24, 2.45) is 5.73 Å². The van der Waals surface area contributed by atoms with Crippen molar-refractivity contribution in [3.8, 4) is 5.75 Å². The van der Waals surface area contributed by atoms with Crippen molar-refractivity contribution in [3.63, 3.8) is 0 Å². The van der Waals surface area contributed by atoms with Crippen LogP contribution >= 0.6 is 0 Å². The molecule has 0 saturated carbocycles. The maximum absolute atomic E-state index is 11.7. The summed E-state index contributed by atoms with van der Waals surface area (Å²) in [5.41, 5.74) is 4.48. The van der Waals surface area contributed by atoms with E-state index in [2.05, 4.69) is 5.32 Å². The number of rotatable bonds is 7. The van der Waals surface area contributed by atoms with Gasteiger partial charge < -0.3 is 20.9 Å². The molecule has 21 heavy (non-hydrogen) atoms. The smallest absolute Gasteiger partial charge is 0.305 e. The second-order valence-corrected chi connectivity index (χ2v) is 5.15. The quantitative estimate of drug-likeness (QED) is 0.678. The van der Waals surface area contributed by atoms with E-state index >= 15 is 0 Å². The van der Waals surface area contributed by atoms with Gasteiger partial charge in [-0.1, -0.05) is 12.1 Å². The fourth-order valence-corrected chi connectivity index (χ4v) is 1.78. The molecule has 7 nitrogen and oxygen atoms in total. The number of para-hydroxylation sites is 1. The van der Waals surface area contributed by atoms with Crippen molar-refractivity contribution in [2.75, 3.05) is 6.61 Å². The first-order valence-electron chi connectivity index (χ1n) is 6.26. The summed E-state index contributed by atoms with van der Waals surface area (Å²) in [6.07, 6.45) is -0.212. The third kappa shape index (κ3) is 5.52. The number of carboxylic acid groups (broad SMARTS) is 1. The van der Waals surface area contributed by atoms with Crippen molar-refractivity contribution < 1.29 is 24.2 Å². The summed E-state index contributed by atoms with van der Waals surface area (Å²) in [5.74, 6) is -1.95. The second kappa shape index (κ2) is 6.74. The van der Waals surface area contributed by atoms with E-state index in [-0.39, 0.29) is 24.3 Å². The van der Waals surface area contributed by atoms with E-state index in [9.17, 15) is 14.4 Å². The number of ether oxygens (including phenoxy) is 1. The lowest BCUT2D eigenvalue weighted by molar-refractivity contribution is -0.138. The lowest BCUT2D eigenvalue weighted by atomic mass is 10.0. The molecule has 0 aliphatic carbocycles. The molecule has 2 amide bonds. The Morgan fingerprint density at radius 2 is 1.90 bits per heavy atom. The maximum atomic E-state index is 11.7. The number of primary amides is 1. The molecule has 0 bridgehead atoms. The highest BCUT2D eigenvalue weighted by Gasteiger charge is 2.24. The molecule has 1 aromatic rings. The summed E-state index contributed by atoms with van der Waals surface area (Å²) in [6, 6.07) is 6.29. The van der Waals surface area contributed by atoms with Gasteiger partial charge in [0.05, 0.1) is 12.0 Å². The Labute approximate surface area is 122 Å². The molecular weight excluding hydrogens is 276 g/mol. The van der Waals surface area contributed by atoms with Crippen LogP contribution in [0.3, 0.4) is 0 Å². The highest BCUT2D eigenvalue weighted by Crippen LogP contribution is 2.17. The van der Waals surface area contributed by atoms with Crippen LogP contribution in [0.25, 0.3) is 0 Å². The van der Waals surface area contributed by atoms with E-state index in [0.717, 1.165) is 0 Å². The Hall–Kier alpha value is -2.57. The number of carboxylic acids is 1. The Morgan fingerprint density at radius 1 is 1.29 bits per heavy atom. The molecule has 4 N–H and O–H groups in total. The Balaban J connectivity index is 2.62. The molecule has 1 aromatic carbocycles. The molecular formula is C14H18N2O5. The summed E-state index contributed by atoms with van der Waals surface area (Å²) in [7, 11) is 0. The summed E-state index contributed by atoms with van der Waals surface area (Å²) in [5, 5.41) is 11.3. The maximum Gasteiger partial charge on any atom is 0.305 e. The number of nitrogens with two attached hydrogens (primary N) is 1. The molecule has 0 aromatic heterocycles. The van der Waals surface area contributed by atoms with Crippen LogP contribution in [0.15, 0.2) is 24.3 Å². The van der Waals surface area contributed by atoms with Crippen LogP contribution < -0.4 is 15.8 Å². The molecule has 0 fully saturated rings. The van der Waals surface area contributed by atoms with Crippen LogP contribution in [0.5, 0.6) is 5.75 Å². The molecule has 0 heterocycles. The second-order valence-electron chi connectivity index (χ2n) is 5.15. The first-order chi connectivity index (χ1) is 9.71. The average Bonchev–Trinajstić information content (AvgIpc) is 2.34. The number of amides is 2. The van der Waals surface area contributed by atoms with Gasteiger partial charge in [-0.3, -0.25) is 14.4 Å². The minimum Gasteiger partial charge on any atom is -0.483 e. The molecule has 1 rings (SSSR count). The van der Waals surface area contributed by atoms with Crippen molar-refractivity contribution in [1.29, 1.82) is 0 Å². The Bertz CT molecular complexity index is 554. The van der Waals surface area contributed by atoms with Gasteiger partial charge in [0.15, 0.2) is 6.61 Å². The number of carbonyl (C=O) groups excluding carboxylic acids is 2. The summed E-state index contributed by atoms with van der Waals surface area (Å²) in [6.45, 7) is 2.85. The number of hydrogen-bond acceptors (Lipinski definition) is 4. The third-order valence-electron chi connectivity index (χ3n) is 2.58. The molecule has 0 unspecified atom stereocenters. The third-order valence-corrected chi connectivity index (χ3v) is 2.58. The summed E-state index contributed by atoms with van der Waals surface area (Å²) < 4.78 is 5.25. The van der Waals surface area contributed by atoms with Gasteiger partial charge in [-0.25, -0.2) is 0 Å². The molecule has 114 valence electrons. The SMILES string of the molecule is CC(C)(CC(=O)O)NC(=O)COc1ccccc1C(N)=O. The first kappa shape index (κ1) is 16.5.